The van der Waals surface area contributed by atoms with Crippen molar-refractivity contribution in [3.05, 3.63) is 53.6 Å². The van der Waals surface area contributed by atoms with Crippen LogP contribution in [0.25, 0.3) is 22.6 Å². The fraction of sp³-hybridized carbons (Fsp3) is 0.176. The highest BCUT2D eigenvalue weighted by molar-refractivity contribution is 5.98. The van der Waals surface area contributed by atoms with Crippen LogP contribution >= 0.6 is 0 Å². The molecule has 20 heavy (non-hydrogen) atoms. The van der Waals surface area contributed by atoms with E-state index < -0.39 is 0 Å². The normalized spacial score (nSPS) is 10.9. The summed E-state index contributed by atoms with van der Waals surface area (Å²) in [6.07, 6.45) is 0.494. The predicted octanol–water partition coefficient (Wildman–Crippen LogP) is 4.40. The second-order valence-electron chi connectivity index (χ2n) is 4.84. The summed E-state index contributed by atoms with van der Waals surface area (Å²) in [5.41, 5.74) is 4.24. The predicted molar refractivity (Wildman–Crippen MR) is 78.8 cm³/mol. The zero-order valence-electron chi connectivity index (χ0n) is 11.5. The third-order valence-corrected chi connectivity index (χ3v) is 3.33. The Labute approximate surface area is 117 Å². The van der Waals surface area contributed by atoms with Crippen LogP contribution in [0.4, 0.5) is 0 Å². The Morgan fingerprint density at radius 3 is 2.60 bits per heavy atom. The van der Waals surface area contributed by atoms with Gasteiger partial charge in [0.05, 0.1) is 0 Å². The molecule has 0 aliphatic rings. The van der Waals surface area contributed by atoms with Crippen molar-refractivity contribution in [1.29, 1.82) is 0 Å². The van der Waals surface area contributed by atoms with Crippen molar-refractivity contribution < 1.29 is 9.21 Å². The van der Waals surface area contributed by atoms with Crippen molar-refractivity contribution >= 4 is 16.9 Å². The van der Waals surface area contributed by atoms with Crippen LogP contribution in [0.1, 0.15) is 29.3 Å². The maximum Gasteiger partial charge on any atom is 0.227 e. The van der Waals surface area contributed by atoms with E-state index in [-0.39, 0.29) is 5.78 Å². The molecule has 3 rings (SSSR count). The smallest absolute Gasteiger partial charge is 0.227 e. The van der Waals surface area contributed by atoms with Crippen molar-refractivity contribution in [2.24, 2.45) is 0 Å². The SMILES string of the molecule is CCC(=O)c1ccc2oc(-c3ccc(C)cc3)nc2c1. The van der Waals surface area contributed by atoms with Gasteiger partial charge in [0.25, 0.3) is 0 Å². The number of aryl methyl sites for hydroxylation is 1. The third-order valence-electron chi connectivity index (χ3n) is 3.33. The van der Waals surface area contributed by atoms with E-state index in [1.807, 2.05) is 44.2 Å². The molecule has 0 fully saturated rings. The summed E-state index contributed by atoms with van der Waals surface area (Å²) < 4.78 is 5.74. The molecule has 3 aromatic rings. The van der Waals surface area contributed by atoms with Gasteiger partial charge in [0.2, 0.25) is 5.89 Å². The molecule has 1 heterocycles. The summed E-state index contributed by atoms with van der Waals surface area (Å²) in [6, 6.07) is 13.4. The van der Waals surface area contributed by atoms with Gasteiger partial charge in [0.15, 0.2) is 11.4 Å². The first-order chi connectivity index (χ1) is 9.67. The molecule has 100 valence electrons. The summed E-state index contributed by atoms with van der Waals surface area (Å²) in [4.78, 5) is 16.2. The van der Waals surface area contributed by atoms with Gasteiger partial charge in [-0.2, -0.15) is 0 Å². The van der Waals surface area contributed by atoms with Crippen LogP contribution in [0.5, 0.6) is 0 Å². The average Bonchev–Trinajstić information content (AvgIpc) is 2.90. The topological polar surface area (TPSA) is 43.1 Å². The van der Waals surface area contributed by atoms with Gasteiger partial charge < -0.3 is 4.42 Å². The number of nitrogens with zero attached hydrogens (tertiary/aromatic N) is 1. The molecule has 0 unspecified atom stereocenters. The minimum atomic E-state index is 0.117. The second kappa shape index (κ2) is 4.93. The fourth-order valence-electron chi connectivity index (χ4n) is 2.12. The monoisotopic (exact) mass is 265 g/mol. The first-order valence-corrected chi connectivity index (χ1v) is 6.68. The van der Waals surface area contributed by atoms with Crippen LogP contribution in [-0.2, 0) is 0 Å². The third kappa shape index (κ3) is 2.23. The van der Waals surface area contributed by atoms with Crippen LogP contribution in [0, 0.1) is 6.92 Å². The van der Waals surface area contributed by atoms with E-state index in [1.54, 1.807) is 12.1 Å². The van der Waals surface area contributed by atoms with Crippen molar-refractivity contribution in [1.82, 2.24) is 4.98 Å². The Balaban J connectivity index is 2.06. The molecule has 3 nitrogen and oxygen atoms in total. The van der Waals surface area contributed by atoms with E-state index >= 15 is 0 Å². The molecule has 0 radical (unpaired) electrons. The largest absolute Gasteiger partial charge is 0.436 e. The highest BCUT2D eigenvalue weighted by Crippen LogP contribution is 2.25. The van der Waals surface area contributed by atoms with Gasteiger partial charge in [-0.3, -0.25) is 4.79 Å². The molecule has 0 amide bonds. The van der Waals surface area contributed by atoms with E-state index in [0.717, 1.165) is 11.1 Å². The number of carbonyl (C=O) groups is 1. The maximum absolute atomic E-state index is 11.7. The van der Waals surface area contributed by atoms with Gasteiger partial charge in [-0.1, -0.05) is 24.6 Å². The van der Waals surface area contributed by atoms with E-state index in [0.29, 0.717) is 23.5 Å². The van der Waals surface area contributed by atoms with Gasteiger partial charge in [-0.05, 0) is 37.3 Å². The van der Waals surface area contributed by atoms with E-state index in [4.69, 9.17) is 4.42 Å². The molecule has 0 saturated carbocycles. The number of hydrogen-bond donors (Lipinski definition) is 0. The number of carbonyl (C=O) groups excluding carboxylic acids is 1. The van der Waals surface area contributed by atoms with E-state index in [9.17, 15) is 4.79 Å². The molecular weight excluding hydrogens is 250 g/mol. The van der Waals surface area contributed by atoms with Crippen molar-refractivity contribution in [3.8, 4) is 11.5 Å². The lowest BCUT2D eigenvalue weighted by atomic mass is 10.1. The fourth-order valence-corrected chi connectivity index (χ4v) is 2.12. The maximum atomic E-state index is 11.7. The van der Waals surface area contributed by atoms with Crippen LogP contribution in [-0.4, -0.2) is 10.8 Å². The number of fused-ring (bicyclic) bond motifs is 1. The molecule has 0 aliphatic heterocycles. The number of oxazole rings is 1. The molecule has 0 aliphatic carbocycles. The molecule has 0 bridgehead atoms. The minimum absolute atomic E-state index is 0.117. The number of Topliss-reactive ketones (excluding diaryl/α,β-unsaturated/α-hetero) is 1. The molecule has 2 aromatic carbocycles. The Hall–Kier alpha value is -2.42. The molecule has 3 heteroatoms. The zero-order valence-corrected chi connectivity index (χ0v) is 11.5. The summed E-state index contributed by atoms with van der Waals surface area (Å²) in [5, 5.41) is 0. The number of hydrogen-bond acceptors (Lipinski definition) is 3. The van der Waals surface area contributed by atoms with Crippen LogP contribution < -0.4 is 0 Å². The van der Waals surface area contributed by atoms with Gasteiger partial charge in [0.1, 0.15) is 5.52 Å². The van der Waals surface area contributed by atoms with E-state index in [1.165, 1.54) is 5.56 Å². The van der Waals surface area contributed by atoms with Gasteiger partial charge in [0, 0.05) is 17.5 Å². The molecule has 0 saturated heterocycles. The lowest BCUT2D eigenvalue weighted by Gasteiger charge is -1.95. The highest BCUT2D eigenvalue weighted by atomic mass is 16.3. The number of aromatic nitrogens is 1. The van der Waals surface area contributed by atoms with Gasteiger partial charge >= 0.3 is 0 Å². The Morgan fingerprint density at radius 2 is 1.90 bits per heavy atom. The van der Waals surface area contributed by atoms with Crippen LogP contribution in [0.3, 0.4) is 0 Å². The van der Waals surface area contributed by atoms with Gasteiger partial charge in [-0.25, -0.2) is 4.98 Å². The average molecular weight is 265 g/mol. The lowest BCUT2D eigenvalue weighted by molar-refractivity contribution is 0.0988. The van der Waals surface area contributed by atoms with Gasteiger partial charge in [-0.15, -0.1) is 0 Å². The van der Waals surface area contributed by atoms with Crippen molar-refractivity contribution in [2.75, 3.05) is 0 Å². The van der Waals surface area contributed by atoms with Crippen LogP contribution in [0.2, 0.25) is 0 Å². The second-order valence-corrected chi connectivity index (χ2v) is 4.84. The molecule has 0 spiro atoms. The highest BCUT2D eigenvalue weighted by Gasteiger charge is 2.10. The Bertz CT molecular complexity index is 769. The number of rotatable bonds is 3. The summed E-state index contributed by atoms with van der Waals surface area (Å²) in [5.74, 6) is 0.702. The van der Waals surface area contributed by atoms with Crippen molar-refractivity contribution in [3.63, 3.8) is 0 Å². The molecule has 0 N–H and O–H groups in total. The first kappa shape index (κ1) is 12.6. The lowest BCUT2D eigenvalue weighted by Crippen LogP contribution is -1.95. The quantitative estimate of drug-likeness (QED) is 0.659. The summed E-state index contributed by atoms with van der Waals surface area (Å²) in [6.45, 7) is 3.89. The Morgan fingerprint density at radius 1 is 1.15 bits per heavy atom. The minimum Gasteiger partial charge on any atom is -0.436 e. The summed E-state index contributed by atoms with van der Waals surface area (Å²) >= 11 is 0. The first-order valence-electron chi connectivity index (χ1n) is 6.68. The zero-order chi connectivity index (χ0) is 14.1. The molecule has 1 aromatic heterocycles. The Kier molecular flexibility index (Phi) is 3.11. The summed E-state index contributed by atoms with van der Waals surface area (Å²) in [7, 11) is 0. The number of benzene rings is 2. The van der Waals surface area contributed by atoms with E-state index in [2.05, 4.69) is 4.98 Å². The molecule has 0 atom stereocenters. The standard InChI is InChI=1S/C17H15NO2/c1-3-15(19)13-8-9-16-14(10-13)18-17(20-16)12-6-4-11(2)5-7-12/h4-10H,3H2,1-2H3. The van der Waals surface area contributed by atoms with Crippen molar-refractivity contribution in [2.45, 2.75) is 20.3 Å². The molecular formula is C17H15NO2. The number of ketones is 1. The van der Waals surface area contributed by atoms with Crippen LogP contribution in [0.15, 0.2) is 46.9 Å².